The Morgan fingerprint density at radius 1 is 1.62 bits per heavy atom. The van der Waals surface area contributed by atoms with E-state index in [9.17, 15) is 4.79 Å². The van der Waals surface area contributed by atoms with Crippen LogP contribution in [0.5, 0.6) is 5.88 Å². The number of hydrogen-bond acceptors (Lipinski definition) is 3. The Morgan fingerprint density at radius 2 is 2.31 bits per heavy atom. The van der Waals surface area contributed by atoms with Gasteiger partial charge in [0.05, 0.1) is 12.7 Å². The third-order valence-corrected chi connectivity index (χ3v) is 1.67. The van der Waals surface area contributed by atoms with E-state index in [4.69, 9.17) is 9.84 Å². The number of aryl methyl sites for hydroxylation is 1. The highest BCUT2D eigenvalue weighted by Crippen LogP contribution is 2.12. The number of pyridine rings is 1. The summed E-state index contributed by atoms with van der Waals surface area (Å²) >= 11 is 0. The number of ether oxygens (including phenoxy) is 1. The molecule has 0 aliphatic heterocycles. The molecule has 0 amide bonds. The van der Waals surface area contributed by atoms with Crippen molar-refractivity contribution in [2.24, 2.45) is 0 Å². The Labute approximate surface area is 76.2 Å². The molecule has 4 heteroatoms. The summed E-state index contributed by atoms with van der Waals surface area (Å²) in [5.74, 6) is -0.618. The van der Waals surface area contributed by atoms with E-state index in [0.717, 1.165) is 5.69 Å². The molecule has 0 aromatic carbocycles. The maximum Gasteiger partial charge on any atom is 0.335 e. The molecule has 4 nitrogen and oxygen atoms in total. The van der Waals surface area contributed by atoms with Crippen molar-refractivity contribution in [1.82, 2.24) is 4.98 Å². The smallest absolute Gasteiger partial charge is 0.335 e. The van der Waals surface area contributed by atoms with Crippen LogP contribution in [0.4, 0.5) is 0 Å². The van der Waals surface area contributed by atoms with E-state index in [1.165, 1.54) is 13.2 Å². The molecule has 0 radical (unpaired) electrons. The SMILES string of the molecule is CCc1cc(C(=O)O)cc(OC)n1. The molecule has 1 N–H and O–H groups in total. The Bertz CT molecular complexity index is 300. The highest BCUT2D eigenvalue weighted by molar-refractivity contribution is 5.88. The van der Waals surface area contributed by atoms with Crippen LogP contribution in [0.3, 0.4) is 0 Å². The molecule has 0 aliphatic rings. The lowest BCUT2D eigenvalue weighted by Gasteiger charge is -2.03. The predicted octanol–water partition coefficient (Wildman–Crippen LogP) is 1.35. The van der Waals surface area contributed by atoms with Crippen molar-refractivity contribution in [3.8, 4) is 5.88 Å². The van der Waals surface area contributed by atoms with Crippen LogP contribution in [0.2, 0.25) is 0 Å². The molecule has 13 heavy (non-hydrogen) atoms. The summed E-state index contributed by atoms with van der Waals surface area (Å²) in [4.78, 5) is 14.7. The van der Waals surface area contributed by atoms with E-state index in [0.29, 0.717) is 12.3 Å². The van der Waals surface area contributed by atoms with E-state index in [2.05, 4.69) is 4.98 Å². The Kier molecular flexibility index (Phi) is 2.84. The summed E-state index contributed by atoms with van der Waals surface area (Å²) in [6, 6.07) is 2.95. The van der Waals surface area contributed by atoms with Gasteiger partial charge < -0.3 is 9.84 Å². The van der Waals surface area contributed by atoms with E-state index < -0.39 is 5.97 Å². The summed E-state index contributed by atoms with van der Waals surface area (Å²) < 4.78 is 4.87. The standard InChI is InChI=1S/C9H11NO3/c1-3-7-4-6(9(11)12)5-8(10-7)13-2/h4-5H,3H2,1-2H3,(H,11,12). The van der Waals surface area contributed by atoms with Crippen molar-refractivity contribution in [2.45, 2.75) is 13.3 Å². The molecule has 1 aromatic rings. The topological polar surface area (TPSA) is 59.4 Å². The maximum atomic E-state index is 10.7. The van der Waals surface area contributed by atoms with Gasteiger partial charge in [0.1, 0.15) is 0 Å². The van der Waals surface area contributed by atoms with Gasteiger partial charge in [-0.3, -0.25) is 0 Å². The van der Waals surface area contributed by atoms with Gasteiger partial charge in [0, 0.05) is 11.8 Å². The van der Waals surface area contributed by atoms with Crippen molar-refractivity contribution in [3.05, 3.63) is 23.4 Å². The lowest BCUT2D eigenvalue weighted by molar-refractivity contribution is 0.0696. The molecule has 0 unspecified atom stereocenters. The normalized spacial score (nSPS) is 9.69. The van der Waals surface area contributed by atoms with Gasteiger partial charge in [-0.05, 0) is 12.5 Å². The third-order valence-electron chi connectivity index (χ3n) is 1.67. The summed E-state index contributed by atoms with van der Waals surface area (Å²) in [6.45, 7) is 1.91. The van der Waals surface area contributed by atoms with Gasteiger partial charge in [0.2, 0.25) is 5.88 Å². The molecule has 1 heterocycles. The van der Waals surface area contributed by atoms with Gasteiger partial charge in [-0.15, -0.1) is 0 Å². The number of nitrogens with zero attached hydrogens (tertiary/aromatic N) is 1. The number of aromatic nitrogens is 1. The van der Waals surface area contributed by atoms with Crippen LogP contribution in [0, 0.1) is 0 Å². The molecule has 0 saturated carbocycles. The van der Waals surface area contributed by atoms with Gasteiger partial charge in [0.15, 0.2) is 0 Å². The van der Waals surface area contributed by atoms with Crippen molar-refractivity contribution in [3.63, 3.8) is 0 Å². The quantitative estimate of drug-likeness (QED) is 0.764. The van der Waals surface area contributed by atoms with Crippen LogP contribution in [-0.4, -0.2) is 23.2 Å². The van der Waals surface area contributed by atoms with Crippen LogP contribution >= 0.6 is 0 Å². The zero-order valence-corrected chi connectivity index (χ0v) is 7.57. The second-order valence-corrected chi connectivity index (χ2v) is 2.55. The zero-order valence-electron chi connectivity index (χ0n) is 7.57. The third kappa shape index (κ3) is 2.18. The van der Waals surface area contributed by atoms with Crippen LogP contribution in [-0.2, 0) is 6.42 Å². The molecular weight excluding hydrogens is 170 g/mol. The molecule has 0 bridgehead atoms. The molecular formula is C9H11NO3. The number of rotatable bonds is 3. The first-order valence-corrected chi connectivity index (χ1v) is 3.95. The van der Waals surface area contributed by atoms with Crippen molar-refractivity contribution in [2.75, 3.05) is 7.11 Å². The second-order valence-electron chi connectivity index (χ2n) is 2.55. The molecule has 0 spiro atoms. The number of methoxy groups -OCH3 is 1. The van der Waals surface area contributed by atoms with Gasteiger partial charge in [-0.2, -0.15) is 0 Å². The van der Waals surface area contributed by atoms with Crippen LogP contribution in [0.25, 0.3) is 0 Å². The summed E-state index contributed by atoms with van der Waals surface area (Å²) in [5, 5.41) is 8.74. The van der Waals surface area contributed by atoms with Gasteiger partial charge in [-0.25, -0.2) is 9.78 Å². The predicted molar refractivity (Wildman–Crippen MR) is 47.1 cm³/mol. The Balaban J connectivity index is 3.14. The molecule has 1 rings (SSSR count). The number of carboxylic acid groups (broad SMARTS) is 1. The minimum atomic E-state index is -0.963. The number of hydrogen-bond donors (Lipinski definition) is 1. The Hall–Kier alpha value is -1.58. The summed E-state index contributed by atoms with van der Waals surface area (Å²) in [7, 11) is 1.47. The van der Waals surface area contributed by atoms with Crippen LogP contribution < -0.4 is 4.74 Å². The number of aromatic carboxylic acids is 1. The fourth-order valence-corrected chi connectivity index (χ4v) is 0.969. The number of carbonyl (C=O) groups is 1. The van der Waals surface area contributed by atoms with Gasteiger partial charge in [0.25, 0.3) is 0 Å². The molecule has 0 atom stereocenters. The fraction of sp³-hybridized carbons (Fsp3) is 0.333. The van der Waals surface area contributed by atoms with E-state index in [-0.39, 0.29) is 5.56 Å². The fourth-order valence-electron chi connectivity index (χ4n) is 0.969. The number of carboxylic acids is 1. The minimum absolute atomic E-state index is 0.212. The minimum Gasteiger partial charge on any atom is -0.481 e. The monoisotopic (exact) mass is 181 g/mol. The van der Waals surface area contributed by atoms with Crippen molar-refractivity contribution < 1.29 is 14.6 Å². The molecule has 1 aromatic heterocycles. The first-order valence-electron chi connectivity index (χ1n) is 3.95. The first kappa shape index (κ1) is 9.51. The summed E-state index contributed by atoms with van der Waals surface area (Å²) in [6.07, 6.45) is 0.692. The highest BCUT2D eigenvalue weighted by atomic mass is 16.5. The average Bonchev–Trinajstić information content (AvgIpc) is 2.16. The second kappa shape index (κ2) is 3.89. The van der Waals surface area contributed by atoms with Gasteiger partial charge >= 0.3 is 5.97 Å². The zero-order chi connectivity index (χ0) is 9.84. The maximum absolute atomic E-state index is 10.7. The Morgan fingerprint density at radius 3 is 2.77 bits per heavy atom. The average molecular weight is 181 g/mol. The lowest BCUT2D eigenvalue weighted by atomic mass is 10.2. The largest absolute Gasteiger partial charge is 0.481 e. The molecule has 0 saturated heterocycles. The van der Waals surface area contributed by atoms with E-state index in [1.54, 1.807) is 6.07 Å². The molecule has 70 valence electrons. The summed E-state index contributed by atoms with van der Waals surface area (Å²) in [5.41, 5.74) is 0.931. The van der Waals surface area contributed by atoms with Gasteiger partial charge in [-0.1, -0.05) is 6.92 Å². The molecule has 0 fully saturated rings. The first-order chi connectivity index (χ1) is 6.17. The van der Waals surface area contributed by atoms with Crippen molar-refractivity contribution in [1.29, 1.82) is 0 Å². The van der Waals surface area contributed by atoms with E-state index >= 15 is 0 Å². The highest BCUT2D eigenvalue weighted by Gasteiger charge is 2.07. The molecule has 0 aliphatic carbocycles. The van der Waals surface area contributed by atoms with Crippen LogP contribution in [0.1, 0.15) is 23.0 Å². The van der Waals surface area contributed by atoms with E-state index in [1.807, 2.05) is 6.92 Å². The van der Waals surface area contributed by atoms with Crippen LogP contribution in [0.15, 0.2) is 12.1 Å². The lowest BCUT2D eigenvalue weighted by Crippen LogP contribution is -2.01. The van der Waals surface area contributed by atoms with Crippen molar-refractivity contribution >= 4 is 5.97 Å².